The highest BCUT2D eigenvalue weighted by molar-refractivity contribution is 6.03. The lowest BCUT2D eigenvalue weighted by atomic mass is 10.1. The van der Waals surface area contributed by atoms with E-state index in [1.165, 1.54) is 6.07 Å². The summed E-state index contributed by atoms with van der Waals surface area (Å²) >= 11 is 0. The summed E-state index contributed by atoms with van der Waals surface area (Å²) in [5.41, 5.74) is 4.04. The summed E-state index contributed by atoms with van der Waals surface area (Å²) in [7, 11) is 0. The first-order chi connectivity index (χ1) is 16.1. The first-order valence-corrected chi connectivity index (χ1v) is 10.4. The van der Waals surface area contributed by atoms with Crippen molar-refractivity contribution >= 4 is 17.5 Å². The third-order valence-electron chi connectivity index (χ3n) is 5.49. The number of nitrogens with one attached hydrogen (secondary N) is 1. The second-order valence-electron chi connectivity index (χ2n) is 7.86. The summed E-state index contributed by atoms with van der Waals surface area (Å²) in [6.07, 6.45) is -3.46. The smallest absolute Gasteiger partial charge is 0.368 e. The van der Waals surface area contributed by atoms with Crippen LogP contribution in [0.25, 0.3) is 5.69 Å². The number of likely N-dealkylation sites (tertiary alicyclic amines) is 1. The van der Waals surface area contributed by atoms with E-state index in [2.05, 4.69) is 15.6 Å². The molecule has 1 fully saturated rings. The molecule has 3 aromatic rings. The van der Waals surface area contributed by atoms with Gasteiger partial charge in [0.05, 0.1) is 11.7 Å². The molecule has 1 aliphatic heterocycles. The van der Waals surface area contributed by atoms with E-state index in [1.807, 2.05) is 4.90 Å². The molecule has 8 nitrogen and oxygen atoms in total. The number of carbonyl (C=O) groups is 2. The second kappa shape index (κ2) is 9.21. The maximum absolute atomic E-state index is 13.8. The molecule has 0 spiro atoms. The summed E-state index contributed by atoms with van der Waals surface area (Å²) in [5, 5.41) is 9.33. The van der Waals surface area contributed by atoms with Crippen LogP contribution >= 0.6 is 0 Å². The summed E-state index contributed by atoms with van der Waals surface area (Å²) in [5.74, 6) is -2.15. The minimum atomic E-state index is -4.95. The van der Waals surface area contributed by atoms with Crippen molar-refractivity contribution in [3.63, 3.8) is 0 Å². The first kappa shape index (κ1) is 23.4. The van der Waals surface area contributed by atoms with Gasteiger partial charge in [-0.2, -0.15) is 13.2 Å². The maximum Gasteiger partial charge on any atom is 0.435 e. The number of anilines is 1. The number of nitrogens with two attached hydrogens (primary N) is 1. The SMILES string of the molecule is NC(=O)C1CCCN1Cc1cccc(NC(=O)c2nnn(-c3ccc(F)cc3)c2C(F)(F)F)c1. The van der Waals surface area contributed by atoms with Gasteiger partial charge < -0.3 is 11.1 Å². The number of rotatable bonds is 6. The van der Waals surface area contributed by atoms with Gasteiger partial charge in [-0.05, 0) is 61.3 Å². The fourth-order valence-electron chi connectivity index (χ4n) is 3.96. The molecule has 0 bridgehead atoms. The zero-order chi connectivity index (χ0) is 24.5. The molecule has 2 amide bonds. The van der Waals surface area contributed by atoms with Crippen LogP contribution in [0, 0.1) is 5.82 Å². The van der Waals surface area contributed by atoms with Gasteiger partial charge in [-0.3, -0.25) is 14.5 Å². The van der Waals surface area contributed by atoms with Gasteiger partial charge in [0.15, 0.2) is 11.4 Å². The van der Waals surface area contributed by atoms with Crippen LogP contribution in [0.5, 0.6) is 0 Å². The number of carbonyl (C=O) groups excluding carboxylic acids is 2. The molecule has 2 aromatic carbocycles. The van der Waals surface area contributed by atoms with Crippen molar-refractivity contribution in [2.24, 2.45) is 5.73 Å². The Hall–Kier alpha value is -3.80. The molecule has 0 radical (unpaired) electrons. The molecule has 1 aliphatic rings. The van der Waals surface area contributed by atoms with Crippen molar-refractivity contribution in [1.29, 1.82) is 0 Å². The van der Waals surface area contributed by atoms with Crippen LogP contribution in [0.3, 0.4) is 0 Å². The Bertz CT molecular complexity index is 1210. The molecule has 1 unspecified atom stereocenters. The van der Waals surface area contributed by atoms with E-state index in [-0.39, 0.29) is 17.4 Å². The molecule has 178 valence electrons. The molecule has 4 rings (SSSR count). The van der Waals surface area contributed by atoms with Crippen LogP contribution in [0.1, 0.15) is 34.6 Å². The predicted octanol–water partition coefficient (Wildman–Crippen LogP) is 3.13. The van der Waals surface area contributed by atoms with E-state index >= 15 is 0 Å². The van der Waals surface area contributed by atoms with E-state index in [9.17, 15) is 27.2 Å². The quantitative estimate of drug-likeness (QED) is 0.532. The average Bonchev–Trinajstić information content (AvgIpc) is 3.42. The number of benzene rings is 2. The number of hydrogen-bond acceptors (Lipinski definition) is 5. The van der Waals surface area contributed by atoms with Crippen LogP contribution in [-0.2, 0) is 17.5 Å². The van der Waals surface area contributed by atoms with Gasteiger partial charge in [-0.1, -0.05) is 17.3 Å². The summed E-state index contributed by atoms with van der Waals surface area (Å²) in [4.78, 5) is 26.2. The van der Waals surface area contributed by atoms with Gasteiger partial charge in [0.1, 0.15) is 5.82 Å². The van der Waals surface area contributed by atoms with Crippen molar-refractivity contribution in [2.45, 2.75) is 31.6 Å². The van der Waals surface area contributed by atoms with Crippen LogP contribution < -0.4 is 11.1 Å². The molecule has 1 aromatic heterocycles. The van der Waals surface area contributed by atoms with E-state index in [0.29, 0.717) is 24.2 Å². The van der Waals surface area contributed by atoms with E-state index in [1.54, 1.807) is 18.2 Å². The fraction of sp³-hybridized carbons (Fsp3) is 0.273. The third kappa shape index (κ3) is 4.91. The first-order valence-electron chi connectivity index (χ1n) is 10.4. The van der Waals surface area contributed by atoms with Gasteiger partial charge >= 0.3 is 6.18 Å². The summed E-state index contributed by atoms with van der Waals surface area (Å²) in [6.45, 7) is 1.08. The van der Waals surface area contributed by atoms with Crippen LogP contribution in [0.15, 0.2) is 48.5 Å². The highest BCUT2D eigenvalue weighted by Crippen LogP contribution is 2.33. The topological polar surface area (TPSA) is 106 Å². The Morgan fingerprint density at radius 1 is 1.15 bits per heavy atom. The molecule has 1 saturated heterocycles. The summed E-state index contributed by atoms with van der Waals surface area (Å²) in [6, 6.07) is 10.3. The van der Waals surface area contributed by atoms with Gasteiger partial charge in [0.2, 0.25) is 5.91 Å². The Kier molecular flexibility index (Phi) is 6.33. The van der Waals surface area contributed by atoms with Crippen LogP contribution in [0.4, 0.5) is 23.2 Å². The van der Waals surface area contributed by atoms with Crippen LogP contribution in [-0.4, -0.2) is 44.3 Å². The Balaban J connectivity index is 1.57. The molecular formula is C22H20F4N6O2. The Morgan fingerprint density at radius 3 is 2.56 bits per heavy atom. The number of amides is 2. The Labute approximate surface area is 191 Å². The average molecular weight is 476 g/mol. The molecular weight excluding hydrogens is 456 g/mol. The van der Waals surface area contributed by atoms with Crippen molar-refractivity contribution in [3.8, 4) is 5.69 Å². The lowest BCUT2D eigenvalue weighted by molar-refractivity contribution is -0.143. The van der Waals surface area contributed by atoms with Crippen molar-refractivity contribution in [2.75, 3.05) is 11.9 Å². The normalized spacial score (nSPS) is 16.5. The number of aromatic nitrogens is 3. The Morgan fingerprint density at radius 2 is 1.88 bits per heavy atom. The lowest BCUT2D eigenvalue weighted by Crippen LogP contribution is -2.39. The number of halogens is 4. The van der Waals surface area contributed by atoms with Crippen molar-refractivity contribution in [1.82, 2.24) is 19.9 Å². The highest BCUT2D eigenvalue weighted by Gasteiger charge is 2.42. The monoisotopic (exact) mass is 476 g/mol. The van der Waals surface area contributed by atoms with Gasteiger partial charge in [-0.15, -0.1) is 5.10 Å². The predicted molar refractivity (Wildman–Crippen MR) is 113 cm³/mol. The second-order valence-corrected chi connectivity index (χ2v) is 7.86. The minimum Gasteiger partial charge on any atom is -0.368 e. The van der Waals surface area contributed by atoms with Gasteiger partial charge in [0.25, 0.3) is 5.91 Å². The molecule has 34 heavy (non-hydrogen) atoms. The van der Waals surface area contributed by atoms with Gasteiger partial charge in [0, 0.05) is 12.2 Å². The minimum absolute atomic E-state index is 0.100. The number of nitrogens with zero attached hydrogens (tertiary/aromatic N) is 4. The molecule has 0 saturated carbocycles. The zero-order valence-electron chi connectivity index (χ0n) is 17.7. The highest BCUT2D eigenvalue weighted by atomic mass is 19.4. The van der Waals surface area contributed by atoms with Crippen molar-refractivity contribution in [3.05, 3.63) is 71.3 Å². The number of alkyl halides is 3. The number of primary amides is 1. The molecule has 0 aliphatic carbocycles. The fourth-order valence-corrected chi connectivity index (χ4v) is 3.96. The van der Waals surface area contributed by atoms with Crippen LogP contribution in [0.2, 0.25) is 0 Å². The standard InChI is InChI=1S/C22H20F4N6O2/c23-14-6-8-16(9-7-14)32-19(22(24,25)26)18(29-30-32)21(34)28-15-4-1-3-13(11-15)12-31-10-2-5-17(31)20(27)33/h1,3-4,6-9,11,17H,2,5,10,12H2,(H2,27,33)(H,28,34). The summed E-state index contributed by atoms with van der Waals surface area (Å²) < 4.78 is 55.0. The molecule has 12 heteroatoms. The van der Waals surface area contributed by atoms with E-state index in [0.717, 1.165) is 36.2 Å². The van der Waals surface area contributed by atoms with Crippen molar-refractivity contribution < 1.29 is 27.2 Å². The lowest BCUT2D eigenvalue weighted by Gasteiger charge is -2.22. The maximum atomic E-state index is 13.8. The van der Waals surface area contributed by atoms with E-state index in [4.69, 9.17) is 5.73 Å². The van der Waals surface area contributed by atoms with E-state index < -0.39 is 35.2 Å². The third-order valence-corrected chi connectivity index (χ3v) is 5.49. The van der Waals surface area contributed by atoms with Gasteiger partial charge in [-0.25, -0.2) is 9.07 Å². The molecule has 3 N–H and O–H groups in total. The molecule has 1 atom stereocenters. The molecule has 2 heterocycles. The number of hydrogen-bond donors (Lipinski definition) is 2. The zero-order valence-corrected chi connectivity index (χ0v) is 17.7. The largest absolute Gasteiger partial charge is 0.435 e.